The largest absolute Gasteiger partial charge is 1.00 e. The molecule has 0 bridgehead atoms. The van der Waals surface area contributed by atoms with E-state index in [-0.39, 0.29) is 41.1 Å². The molecule has 2 fully saturated rings. The first-order valence-electron chi connectivity index (χ1n) is 16.8. The molecule has 0 aromatic heterocycles. The molecule has 2 aromatic carbocycles. The molecule has 0 radical (unpaired) electrons. The van der Waals surface area contributed by atoms with Crippen molar-refractivity contribution >= 4 is 18.7 Å². The summed E-state index contributed by atoms with van der Waals surface area (Å²) in [6.07, 6.45) is 1.84. The molecule has 4 rings (SSSR count). The Hall–Kier alpha value is -3.90. The number of methoxy groups -OCH3 is 4. The van der Waals surface area contributed by atoms with Crippen LogP contribution in [0.4, 0.5) is 9.59 Å². The van der Waals surface area contributed by atoms with Gasteiger partial charge in [0.25, 0.3) is 12.0 Å². The van der Waals surface area contributed by atoms with Crippen molar-refractivity contribution in [3.8, 4) is 23.0 Å². The number of benzene rings is 2. The van der Waals surface area contributed by atoms with Crippen molar-refractivity contribution in [3.05, 3.63) is 58.9 Å². The smallest absolute Gasteiger partial charge is 0.870 e. The molecule has 53 heavy (non-hydrogen) atoms. The van der Waals surface area contributed by atoms with Crippen LogP contribution in [0.1, 0.15) is 65.5 Å². The van der Waals surface area contributed by atoms with Gasteiger partial charge >= 0.3 is 41.7 Å². The summed E-state index contributed by atoms with van der Waals surface area (Å²) >= 11 is 0. The van der Waals surface area contributed by atoms with Gasteiger partial charge in [-0.2, -0.15) is 0 Å². The van der Waals surface area contributed by atoms with Gasteiger partial charge < -0.3 is 48.4 Å². The fraction of sp³-hybridized carbons (Fsp3) is 0.579. The predicted octanol–water partition coefficient (Wildman–Crippen LogP) is 3.17. The minimum absolute atomic E-state index is 0. The number of rotatable bonds is 12. The summed E-state index contributed by atoms with van der Waals surface area (Å²) in [5.74, 6) is 2.92. The Bertz CT molecular complexity index is 1550. The molecule has 0 unspecified atom stereocenters. The van der Waals surface area contributed by atoms with Gasteiger partial charge in [-0.15, -0.1) is 0 Å². The maximum absolute atomic E-state index is 12.1. The summed E-state index contributed by atoms with van der Waals surface area (Å²) in [4.78, 5) is 42.0. The van der Waals surface area contributed by atoms with Crippen molar-refractivity contribution in [2.24, 2.45) is 0 Å². The zero-order chi connectivity index (χ0) is 38.0. The Morgan fingerprint density at radius 2 is 1.15 bits per heavy atom. The molecule has 0 aliphatic carbocycles. The van der Waals surface area contributed by atoms with E-state index in [1.807, 2.05) is 77.9 Å². The number of nitrogens with zero attached hydrogens (tertiary/aromatic N) is 3. The Morgan fingerprint density at radius 1 is 0.736 bits per heavy atom. The first-order valence-corrected chi connectivity index (χ1v) is 16.8. The number of carbonyl (C=O) groups excluding carboxylic acids is 3. The van der Waals surface area contributed by atoms with Crippen LogP contribution < -0.4 is 48.5 Å². The van der Waals surface area contributed by atoms with Crippen LogP contribution in [0.15, 0.2) is 36.4 Å². The molecule has 2 heterocycles. The van der Waals surface area contributed by atoms with Gasteiger partial charge in [0.15, 0.2) is 0 Å². The molecule has 0 spiro atoms. The van der Waals surface area contributed by atoms with Crippen molar-refractivity contribution in [1.29, 1.82) is 0 Å². The number of carbonyl (C=O) groups is 3. The average molecular weight is 752 g/mol. The number of aryl methyl sites for hydroxylation is 2. The molecule has 15 heteroatoms. The van der Waals surface area contributed by atoms with Crippen molar-refractivity contribution in [2.75, 3.05) is 54.6 Å². The predicted molar refractivity (Wildman–Crippen MR) is 192 cm³/mol. The van der Waals surface area contributed by atoms with Gasteiger partial charge in [-0.05, 0) is 84.1 Å². The van der Waals surface area contributed by atoms with E-state index < -0.39 is 28.4 Å². The van der Waals surface area contributed by atoms with Crippen LogP contribution in [0.5, 0.6) is 23.0 Å². The molecule has 2 saturated heterocycles. The van der Waals surface area contributed by atoms with Crippen molar-refractivity contribution in [2.45, 2.75) is 89.6 Å². The Labute approximate surface area is 335 Å². The van der Waals surface area contributed by atoms with E-state index in [9.17, 15) is 14.4 Å². The van der Waals surface area contributed by atoms with E-state index in [1.165, 1.54) is 0 Å². The van der Waals surface area contributed by atoms with E-state index in [2.05, 4.69) is 4.85 Å². The van der Waals surface area contributed by atoms with Crippen LogP contribution in [0, 0.1) is 6.57 Å². The molecule has 2 aliphatic rings. The number of likely N-dealkylation sites (tertiary alicyclic amines) is 2. The minimum atomic E-state index is -0.691. The molecule has 2 amide bonds. The van der Waals surface area contributed by atoms with Crippen LogP contribution >= 0.6 is 0 Å². The van der Waals surface area contributed by atoms with E-state index in [0.29, 0.717) is 69.8 Å². The first-order chi connectivity index (χ1) is 23.9. The Balaban J connectivity index is 0.000000511. The third-order valence-electron chi connectivity index (χ3n) is 8.47. The first kappa shape index (κ1) is 47.1. The van der Waals surface area contributed by atoms with Crippen LogP contribution in [-0.4, -0.2) is 111 Å². The van der Waals surface area contributed by atoms with Crippen molar-refractivity contribution < 1.29 is 82.6 Å². The van der Waals surface area contributed by atoms with E-state index in [0.717, 1.165) is 22.6 Å². The molecule has 14 nitrogen and oxygen atoms in total. The zero-order valence-electron chi connectivity index (χ0n) is 33.1. The van der Waals surface area contributed by atoms with Gasteiger partial charge in [-0.1, -0.05) is 12.1 Å². The number of hydrogen-bond acceptors (Lipinski definition) is 11. The second-order valence-electron chi connectivity index (χ2n) is 14.8. The van der Waals surface area contributed by atoms with Gasteiger partial charge in [-0.25, -0.2) is 16.2 Å². The molecule has 2 aliphatic heterocycles. The third-order valence-corrected chi connectivity index (χ3v) is 8.47. The van der Waals surface area contributed by atoms with Gasteiger partial charge in [0.1, 0.15) is 52.9 Å². The van der Waals surface area contributed by atoms with Crippen molar-refractivity contribution in [3.63, 3.8) is 0 Å². The second-order valence-corrected chi connectivity index (χ2v) is 14.8. The van der Waals surface area contributed by atoms with E-state index in [4.69, 9.17) is 39.7 Å². The molecule has 0 atom stereocenters. The van der Waals surface area contributed by atoms with Crippen LogP contribution in [0.3, 0.4) is 0 Å². The maximum Gasteiger partial charge on any atom is 1.00 e. The zero-order valence-corrected chi connectivity index (χ0v) is 35.1. The average Bonchev–Trinajstić information content (AvgIpc) is 3.03. The Kier molecular flexibility index (Phi) is 17.8. The van der Waals surface area contributed by atoms with Crippen LogP contribution in [0.25, 0.3) is 4.85 Å². The number of amides is 2. The summed E-state index contributed by atoms with van der Waals surface area (Å²) in [7, 11) is 6.43. The van der Waals surface area contributed by atoms with Gasteiger partial charge in [0.2, 0.25) is 0 Å². The van der Waals surface area contributed by atoms with Gasteiger partial charge in [0, 0.05) is 18.6 Å². The molecule has 2 aromatic rings. The summed E-state index contributed by atoms with van der Waals surface area (Å²) < 4.78 is 37.2. The van der Waals surface area contributed by atoms with Gasteiger partial charge in [0.05, 0.1) is 41.5 Å². The minimum Gasteiger partial charge on any atom is -0.870 e. The SMILES string of the molecule is COc1ccc(CCC2(OC=O)CN(C(=O)OC(C)(C)C)C2)c(OC)c1.[C-]#[N+]C1(CCc2ccc(OC)cc2OC)CN(C(=O)OC(C)(C)C)C1.[Na+].[OH-]. The standard InChI is InChI=1S/C19H26N2O4.C19H27NO6.Na.H2O/c1-18(2,3)25-17(22)21-12-19(13-21,20-4)10-9-14-7-8-15(23-5)11-16(14)24-6;1-18(2,3)26-17(22)20-11-19(12-20,25-13-21)9-8-14-6-7-15(23-4)10-16(14)24-5;;/h7-8,11H,9-10,12-13H2,1-3,5-6H3;6-7,10,13H,8-9,11-12H2,1-5H3;;1H2/q;;+1;/p-1. The third kappa shape index (κ3) is 13.5. The summed E-state index contributed by atoms with van der Waals surface area (Å²) in [5, 5.41) is 0. The maximum atomic E-state index is 12.1. The summed E-state index contributed by atoms with van der Waals surface area (Å²) in [6, 6.07) is 11.3. The molecule has 0 saturated carbocycles. The van der Waals surface area contributed by atoms with Crippen LogP contribution in [0.2, 0.25) is 0 Å². The monoisotopic (exact) mass is 751 g/mol. The molecular weight excluding hydrogens is 697 g/mol. The van der Waals surface area contributed by atoms with Crippen LogP contribution in [-0.2, 0) is 31.8 Å². The number of ether oxygens (including phenoxy) is 7. The van der Waals surface area contributed by atoms with Crippen molar-refractivity contribution in [1.82, 2.24) is 9.80 Å². The molecule has 288 valence electrons. The topological polar surface area (TPSA) is 157 Å². The fourth-order valence-electron chi connectivity index (χ4n) is 5.75. The van der Waals surface area contributed by atoms with Gasteiger partial charge in [-0.3, -0.25) is 9.69 Å². The fourth-order valence-corrected chi connectivity index (χ4v) is 5.75. The quantitative estimate of drug-likeness (QED) is 0.136. The molecular formula is C38H54N3NaO11. The number of hydrogen-bond donors (Lipinski definition) is 0. The summed E-state index contributed by atoms with van der Waals surface area (Å²) in [6.45, 7) is 20.4. The Morgan fingerprint density at radius 3 is 1.51 bits per heavy atom. The molecule has 1 N–H and O–H groups in total. The van der Waals surface area contributed by atoms with E-state index in [1.54, 1.807) is 38.2 Å². The second kappa shape index (κ2) is 20.0. The summed E-state index contributed by atoms with van der Waals surface area (Å²) in [5.41, 5.74) is -0.299. The normalized spacial score (nSPS) is 15.1. The van der Waals surface area contributed by atoms with E-state index >= 15 is 0 Å².